The highest BCUT2D eigenvalue weighted by Gasteiger charge is 2.03. The average Bonchev–Trinajstić information content (AvgIpc) is 2.04. The van der Waals surface area contributed by atoms with Crippen LogP contribution in [0.5, 0.6) is 0 Å². The summed E-state index contributed by atoms with van der Waals surface area (Å²) in [7, 11) is 0. The van der Waals surface area contributed by atoms with Crippen LogP contribution in [0.2, 0.25) is 0 Å². The van der Waals surface area contributed by atoms with E-state index in [4.69, 9.17) is 9.11 Å². The van der Waals surface area contributed by atoms with Gasteiger partial charge in [0, 0.05) is 0 Å². The van der Waals surface area contributed by atoms with Crippen LogP contribution in [0.25, 0.3) is 0 Å². The predicted octanol–water partition coefficient (Wildman–Crippen LogP) is 0.848. The molecule has 2 N–H and O–H groups in total. The quantitative estimate of drug-likeness (QED) is 0.703. The van der Waals surface area contributed by atoms with Crippen molar-refractivity contribution in [3.05, 3.63) is 24.3 Å². The van der Waals surface area contributed by atoms with Gasteiger partial charge in [-0.3, -0.25) is 0 Å². The fourth-order valence-corrected chi connectivity index (χ4v) is 1.61. The lowest BCUT2D eigenvalue weighted by Crippen LogP contribution is -1.92. The molecule has 0 aliphatic rings. The second-order valence-corrected chi connectivity index (χ2v) is 3.91. The molecule has 0 spiro atoms. The Morgan fingerprint density at radius 3 is 1.75 bits per heavy atom. The number of hydrogen-bond acceptors (Lipinski definition) is 2. The van der Waals surface area contributed by atoms with E-state index in [2.05, 4.69) is 0 Å². The van der Waals surface area contributed by atoms with Gasteiger partial charge in [0.2, 0.25) is 0 Å². The first kappa shape index (κ1) is 9.53. The number of hydrogen-bond donors (Lipinski definition) is 2. The normalized spacial score (nSPS) is 15.5. The van der Waals surface area contributed by atoms with Crippen molar-refractivity contribution >= 4 is 22.2 Å². The third-order valence-corrected chi connectivity index (χ3v) is 2.52. The summed E-state index contributed by atoms with van der Waals surface area (Å²) in [5.41, 5.74) is 0. The largest absolute Gasteiger partial charge is 0.302 e. The van der Waals surface area contributed by atoms with E-state index in [0.29, 0.717) is 0 Å². The van der Waals surface area contributed by atoms with Gasteiger partial charge in [0.25, 0.3) is 0 Å². The van der Waals surface area contributed by atoms with Gasteiger partial charge in [0.15, 0.2) is 22.2 Å². The van der Waals surface area contributed by atoms with E-state index in [1.165, 1.54) is 24.3 Å². The Balaban J connectivity index is 3.12. The van der Waals surface area contributed by atoms with Crippen molar-refractivity contribution in [2.24, 2.45) is 0 Å². The highest BCUT2D eigenvalue weighted by Crippen LogP contribution is 2.10. The molecular formula is C6H6O4S2. The summed E-state index contributed by atoms with van der Waals surface area (Å²) >= 11 is -4.20. The van der Waals surface area contributed by atoms with Crippen LogP contribution in [0.3, 0.4) is 0 Å². The molecule has 0 saturated carbocycles. The lowest BCUT2D eigenvalue weighted by molar-refractivity contribution is 0.562. The molecule has 0 aliphatic heterocycles. The molecule has 0 fully saturated rings. The van der Waals surface area contributed by atoms with Gasteiger partial charge in [-0.2, -0.15) is 0 Å². The Morgan fingerprint density at radius 1 is 1.00 bits per heavy atom. The standard InChI is InChI=1S/C6H6O4S2/c7-11(8)5-2-1-3-6(4-5)12(9)10/h1-4H,(H,7,8)(H,9,10). The zero-order chi connectivity index (χ0) is 9.14. The van der Waals surface area contributed by atoms with Crippen LogP contribution in [-0.4, -0.2) is 17.5 Å². The third kappa shape index (κ3) is 2.21. The molecule has 2 atom stereocenters. The molecule has 0 saturated heterocycles. The zero-order valence-electron chi connectivity index (χ0n) is 5.84. The first-order chi connectivity index (χ1) is 5.61. The van der Waals surface area contributed by atoms with E-state index in [0.717, 1.165) is 0 Å². The molecule has 12 heavy (non-hydrogen) atoms. The van der Waals surface area contributed by atoms with Crippen molar-refractivity contribution in [3.63, 3.8) is 0 Å². The Bertz CT molecular complexity index is 307. The highest BCUT2D eigenvalue weighted by atomic mass is 32.2. The fraction of sp³-hybridized carbons (Fsp3) is 0. The van der Waals surface area contributed by atoms with E-state index in [9.17, 15) is 8.42 Å². The van der Waals surface area contributed by atoms with Crippen molar-refractivity contribution in [2.45, 2.75) is 9.79 Å². The molecular weight excluding hydrogens is 200 g/mol. The Labute approximate surface area is 74.2 Å². The first-order valence-corrected chi connectivity index (χ1v) is 5.14. The fourth-order valence-electron chi connectivity index (χ4n) is 0.691. The molecule has 0 aromatic heterocycles. The summed E-state index contributed by atoms with van der Waals surface area (Å²) in [6, 6.07) is 5.48. The van der Waals surface area contributed by atoms with Crippen molar-refractivity contribution in [1.29, 1.82) is 0 Å². The highest BCUT2D eigenvalue weighted by molar-refractivity contribution is 7.80. The summed E-state index contributed by atoms with van der Waals surface area (Å²) < 4.78 is 38.3. The van der Waals surface area contributed by atoms with Gasteiger partial charge in [0.05, 0.1) is 9.79 Å². The van der Waals surface area contributed by atoms with Gasteiger partial charge >= 0.3 is 0 Å². The van der Waals surface area contributed by atoms with Crippen LogP contribution in [-0.2, 0) is 22.2 Å². The van der Waals surface area contributed by atoms with Crippen molar-refractivity contribution < 1.29 is 17.5 Å². The molecule has 1 aromatic rings. The van der Waals surface area contributed by atoms with Crippen LogP contribution < -0.4 is 0 Å². The molecule has 0 aliphatic carbocycles. The van der Waals surface area contributed by atoms with E-state index < -0.39 is 22.2 Å². The average molecular weight is 206 g/mol. The topological polar surface area (TPSA) is 74.6 Å². The van der Waals surface area contributed by atoms with E-state index in [1.807, 2.05) is 0 Å². The molecule has 1 aromatic carbocycles. The van der Waals surface area contributed by atoms with Crippen LogP contribution in [0, 0.1) is 0 Å². The minimum atomic E-state index is -2.10. The van der Waals surface area contributed by atoms with Crippen molar-refractivity contribution in [2.75, 3.05) is 0 Å². The summed E-state index contributed by atoms with van der Waals surface area (Å²) in [5, 5.41) is 0. The summed E-state index contributed by atoms with van der Waals surface area (Å²) in [4.78, 5) is 0.241. The monoisotopic (exact) mass is 206 g/mol. The number of benzene rings is 1. The third-order valence-electron chi connectivity index (χ3n) is 1.21. The van der Waals surface area contributed by atoms with Gasteiger partial charge in [-0.25, -0.2) is 8.42 Å². The minimum Gasteiger partial charge on any atom is -0.302 e. The van der Waals surface area contributed by atoms with Crippen molar-refractivity contribution in [1.82, 2.24) is 0 Å². The molecule has 0 amide bonds. The van der Waals surface area contributed by atoms with E-state index in [-0.39, 0.29) is 9.79 Å². The van der Waals surface area contributed by atoms with Crippen LogP contribution in [0.1, 0.15) is 0 Å². The molecule has 6 heteroatoms. The molecule has 0 heterocycles. The zero-order valence-corrected chi connectivity index (χ0v) is 7.47. The lowest BCUT2D eigenvalue weighted by Gasteiger charge is -1.96. The molecule has 66 valence electrons. The minimum absolute atomic E-state index is 0.120. The maximum Gasteiger partial charge on any atom is 0.186 e. The Morgan fingerprint density at radius 2 is 1.42 bits per heavy atom. The molecule has 1 rings (SSSR count). The second kappa shape index (κ2) is 3.90. The number of rotatable bonds is 2. The van der Waals surface area contributed by atoms with Crippen LogP contribution in [0.15, 0.2) is 34.1 Å². The van der Waals surface area contributed by atoms with Gasteiger partial charge < -0.3 is 9.11 Å². The first-order valence-electron chi connectivity index (χ1n) is 2.93. The SMILES string of the molecule is O=S(O)c1cccc(S(=O)O)c1. The Kier molecular flexibility index (Phi) is 3.10. The lowest BCUT2D eigenvalue weighted by atomic mass is 10.4. The van der Waals surface area contributed by atoms with Crippen LogP contribution in [0.4, 0.5) is 0 Å². The predicted molar refractivity (Wildman–Crippen MR) is 44.5 cm³/mol. The van der Waals surface area contributed by atoms with Gasteiger partial charge in [0.1, 0.15) is 0 Å². The maximum atomic E-state index is 10.5. The van der Waals surface area contributed by atoms with E-state index in [1.54, 1.807) is 0 Å². The van der Waals surface area contributed by atoms with Crippen LogP contribution >= 0.6 is 0 Å². The Hall–Kier alpha value is -0.560. The molecule has 4 nitrogen and oxygen atoms in total. The molecule has 2 unspecified atom stereocenters. The second-order valence-electron chi connectivity index (χ2n) is 1.97. The van der Waals surface area contributed by atoms with E-state index >= 15 is 0 Å². The summed E-state index contributed by atoms with van der Waals surface area (Å²) in [5.74, 6) is 0. The molecule has 0 radical (unpaired) electrons. The summed E-state index contributed by atoms with van der Waals surface area (Å²) in [6.07, 6.45) is 0. The maximum absolute atomic E-state index is 10.5. The van der Waals surface area contributed by atoms with Gasteiger partial charge in [-0.15, -0.1) is 0 Å². The van der Waals surface area contributed by atoms with Gasteiger partial charge in [-0.1, -0.05) is 6.07 Å². The van der Waals surface area contributed by atoms with Crippen molar-refractivity contribution in [3.8, 4) is 0 Å². The van der Waals surface area contributed by atoms with Gasteiger partial charge in [-0.05, 0) is 18.2 Å². The summed E-state index contributed by atoms with van der Waals surface area (Å²) in [6.45, 7) is 0. The smallest absolute Gasteiger partial charge is 0.186 e. The molecule has 0 bridgehead atoms.